The molecule has 0 unspecified atom stereocenters. The minimum Gasteiger partial charge on any atom is -0.0891 e. The summed E-state index contributed by atoms with van der Waals surface area (Å²) in [5.41, 5.74) is 4.33. The molecule has 0 spiro atoms. The van der Waals surface area contributed by atoms with Gasteiger partial charge in [-0.25, -0.2) is 0 Å². The monoisotopic (exact) mass is 199 g/mol. The molecule has 1 aromatic rings. The summed E-state index contributed by atoms with van der Waals surface area (Å²) in [5, 5.41) is 0. The third-order valence-corrected chi connectivity index (χ3v) is 2.87. The van der Waals surface area contributed by atoms with Crippen LogP contribution in [0.5, 0.6) is 0 Å². The van der Waals surface area contributed by atoms with Crippen molar-refractivity contribution in [2.75, 3.05) is 0 Å². The number of rotatable bonds is 5. The third kappa shape index (κ3) is 3.80. The topological polar surface area (TPSA) is 0 Å². The van der Waals surface area contributed by atoms with Crippen LogP contribution in [0.25, 0.3) is 0 Å². The van der Waals surface area contributed by atoms with Crippen molar-refractivity contribution < 1.29 is 0 Å². The number of hydrogen-bond donors (Lipinski definition) is 0. The molecule has 0 saturated heterocycles. The highest BCUT2D eigenvalue weighted by atomic mass is 14.1. The van der Waals surface area contributed by atoms with Crippen LogP contribution in [0.2, 0.25) is 0 Å². The highest BCUT2D eigenvalue weighted by Gasteiger charge is 2.00. The summed E-state index contributed by atoms with van der Waals surface area (Å²) in [4.78, 5) is 0. The maximum absolute atomic E-state index is 6.82. The summed E-state index contributed by atoms with van der Waals surface area (Å²) in [7, 11) is 0. The average molecular weight is 199 g/mol. The molecule has 0 aromatic heterocycles. The summed E-state index contributed by atoms with van der Waals surface area (Å²) in [5.74, 6) is 2.44. The van der Waals surface area contributed by atoms with Gasteiger partial charge in [0.1, 0.15) is 0 Å². The van der Waals surface area contributed by atoms with E-state index in [2.05, 4.69) is 38.0 Å². The number of unbranched alkanes of at least 4 members (excludes halogenated alkanes) is 3. The fraction of sp³-hybridized carbons (Fsp3) is 0.467. The van der Waals surface area contributed by atoms with Gasteiger partial charge in [-0.05, 0) is 56.2 Å². The molecular formula is C15H19. The van der Waals surface area contributed by atoms with Gasteiger partial charge in [0.2, 0.25) is 0 Å². The second-order valence-electron chi connectivity index (χ2n) is 4.11. The van der Waals surface area contributed by atoms with Crippen LogP contribution in [-0.2, 0) is 6.42 Å². The van der Waals surface area contributed by atoms with Gasteiger partial charge in [0.25, 0.3) is 0 Å². The van der Waals surface area contributed by atoms with Crippen molar-refractivity contribution in [3.05, 3.63) is 41.3 Å². The lowest BCUT2D eigenvalue weighted by molar-refractivity contribution is 0.689. The van der Waals surface area contributed by atoms with Crippen LogP contribution in [0.15, 0.2) is 18.2 Å². The van der Waals surface area contributed by atoms with Gasteiger partial charge in [-0.2, -0.15) is 0 Å². The molecule has 0 bridgehead atoms. The third-order valence-electron chi connectivity index (χ3n) is 2.87. The van der Waals surface area contributed by atoms with E-state index in [-0.39, 0.29) is 0 Å². The lowest BCUT2D eigenvalue weighted by atomic mass is 9.97. The van der Waals surface area contributed by atoms with Crippen LogP contribution >= 0.6 is 0 Å². The van der Waals surface area contributed by atoms with Crippen molar-refractivity contribution in [1.82, 2.24) is 0 Å². The lowest BCUT2D eigenvalue weighted by Crippen LogP contribution is -1.93. The average Bonchev–Trinajstić information content (AvgIpc) is 2.21. The van der Waals surface area contributed by atoms with Crippen LogP contribution in [0, 0.1) is 26.2 Å². The zero-order valence-corrected chi connectivity index (χ0v) is 9.77. The SMILES string of the molecule is [C]#CCCCCCc1c(C)cccc1C. The molecule has 0 aliphatic rings. The van der Waals surface area contributed by atoms with Crippen LogP contribution in [0.3, 0.4) is 0 Å². The van der Waals surface area contributed by atoms with E-state index in [1.807, 2.05) is 0 Å². The molecule has 0 nitrogen and oxygen atoms in total. The van der Waals surface area contributed by atoms with Gasteiger partial charge in [-0.1, -0.05) is 30.5 Å². The molecule has 0 saturated carbocycles. The Labute approximate surface area is 93.7 Å². The normalized spacial score (nSPS) is 9.93. The van der Waals surface area contributed by atoms with E-state index in [1.165, 1.54) is 36.0 Å². The van der Waals surface area contributed by atoms with Crippen LogP contribution in [0.1, 0.15) is 42.4 Å². The van der Waals surface area contributed by atoms with Crippen molar-refractivity contribution in [3.8, 4) is 5.92 Å². The summed E-state index contributed by atoms with van der Waals surface area (Å²) in [6, 6.07) is 6.50. The molecule has 1 radical (unpaired) electrons. The first-order valence-corrected chi connectivity index (χ1v) is 5.70. The van der Waals surface area contributed by atoms with E-state index >= 15 is 0 Å². The summed E-state index contributed by atoms with van der Waals surface area (Å²) in [6.07, 6.45) is 12.4. The smallest absolute Gasteiger partial charge is 0.00989 e. The molecule has 0 aliphatic carbocycles. The van der Waals surface area contributed by atoms with Crippen molar-refractivity contribution >= 4 is 0 Å². The van der Waals surface area contributed by atoms with Crippen LogP contribution in [0.4, 0.5) is 0 Å². The summed E-state index contributed by atoms with van der Waals surface area (Å²) in [6.45, 7) is 4.38. The van der Waals surface area contributed by atoms with Crippen molar-refractivity contribution in [2.24, 2.45) is 0 Å². The Kier molecular flexibility index (Phi) is 4.98. The Balaban J connectivity index is 2.41. The van der Waals surface area contributed by atoms with E-state index in [9.17, 15) is 0 Å². The first-order chi connectivity index (χ1) is 7.25. The van der Waals surface area contributed by atoms with Gasteiger partial charge in [-0.3, -0.25) is 0 Å². The summed E-state index contributed by atoms with van der Waals surface area (Å²) < 4.78 is 0. The number of hydrogen-bond acceptors (Lipinski definition) is 0. The molecule has 0 heterocycles. The van der Waals surface area contributed by atoms with Crippen molar-refractivity contribution in [2.45, 2.75) is 46.0 Å². The van der Waals surface area contributed by atoms with Crippen LogP contribution < -0.4 is 0 Å². The van der Waals surface area contributed by atoms with E-state index in [0.29, 0.717) is 0 Å². The highest BCUT2D eigenvalue weighted by Crippen LogP contribution is 2.16. The highest BCUT2D eigenvalue weighted by molar-refractivity contribution is 5.33. The first kappa shape index (κ1) is 11.9. The van der Waals surface area contributed by atoms with Gasteiger partial charge >= 0.3 is 0 Å². The molecule has 79 valence electrons. The second kappa shape index (κ2) is 6.30. The molecular weight excluding hydrogens is 180 g/mol. The van der Waals surface area contributed by atoms with Gasteiger partial charge in [0.15, 0.2) is 0 Å². The Hall–Kier alpha value is -1.22. The minimum atomic E-state index is 0.812. The lowest BCUT2D eigenvalue weighted by Gasteiger charge is -2.08. The molecule has 0 fully saturated rings. The molecule has 0 amide bonds. The fourth-order valence-corrected chi connectivity index (χ4v) is 1.94. The maximum atomic E-state index is 6.82. The summed E-state index contributed by atoms with van der Waals surface area (Å²) >= 11 is 0. The van der Waals surface area contributed by atoms with Crippen molar-refractivity contribution in [3.63, 3.8) is 0 Å². The molecule has 15 heavy (non-hydrogen) atoms. The molecule has 1 aromatic carbocycles. The van der Waals surface area contributed by atoms with Gasteiger partial charge in [0.05, 0.1) is 0 Å². The zero-order chi connectivity index (χ0) is 11.1. The molecule has 0 aliphatic heterocycles. The standard InChI is InChI=1S/C15H19/c1-4-5-6-7-8-12-15-13(2)10-9-11-14(15)3/h9-11H,5-8,12H2,2-3H3. The van der Waals surface area contributed by atoms with Gasteiger partial charge < -0.3 is 0 Å². The molecule has 0 atom stereocenters. The van der Waals surface area contributed by atoms with Gasteiger partial charge in [0, 0.05) is 6.42 Å². The molecule has 0 heteroatoms. The van der Waals surface area contributed by atoms with E-state index in [0.717, 1.165) is 12.8 Å². The van der Waals surface area contributed by atoms with E-state index in [1.54, 1.807) is 0 Å². The Morgan fingerprint density at radius 1 is 1.07 bits per heavy atom. The predicted molar refractivity (Wildman–Crippen MR) is 65.2 cm³/mol. The minimum absolute atomic E-state index is 0.812. The quantitative estimate of drug-likeness (QED) is 0.497. The fourth-order valence-electron chi connectivity index (χ4n) is 1.94. The Bertz CT molecular complexity index is 321. The second-order valence-corrected chi connectivity index (χ2v) is 4.11. The number of benzene rings is 1. The van der Waals surface area contributed by atoms with E-state index < -0.39 is 0 Å². The first-order valence-electron chi connectivity index (χ1n) is 5.70. The van der Waals surface area contributed by atoms with E-state index in [4.69, 9.17) is 6.42 Å². The maximum Gasteiger partial charge on any atom is 0.00989 e. The van der Waals surface area contributed by atoms with Crippen LogP contribution in [-0.4, -0.2) is 0 Å². The zero-order valence-electron chi connectivity index (χ0n) is 9.77. The molecule has 0 N–H and O–H groups in total. The molecule has 1 rings (SSSR count). The Morgan fingerprint density at radius 3 is 2.33 bits per heavy atom. The van der Waals surface area contributed by atoms with Crippen molar-refractivity contribution in [1.29, 1.82) is 0 Å². The number of aryl methyl sites for hydroxylation is 2. The largest absolute Gasteiger partial charge is 0.0891 e. The van der Waals surface area contributed by atoms with Gasteiger partial charge in [-0.15, -0.1) is 0 Å². The predicted octanol–water partition coefficient (Wildman–Crippen LogP) is 4.00. The Morgan fingerprint density at radius 2 is 1.73 bits per heavy atom.